The van der Waals surface area contributed by atoms with Crippen molar-refractivity contribution in [2.75, 3.05) is 19.7 Å². The molecular formula is C13H20N2O2. The lowest BCUT2D eigenvalue weighted by molar-refractivity contribution is -0.0422. The van der Waals surface area contributed by atoms with E-state index in [1.54, 1.807) is 12.1 Å². The number of aromatic nitrogens is 1. The number of rotatable bonds is 2. The van der Waals surface area contributed by atoms with Gasteiger partial charge in [-0.15, -0.1) is 0 Å². The highest BCUT2D eigenvalue weighted by molar-refractivity contribution is 5.13. The minimum absolute atomic E-state index is 0.0150. The third-order valence-electron chi connectivity index (χ3n) is 3.17. The van der Waals surface area contributed by atoms with Gasteiger partial charge < -0.3 is 9.72 Å². The highest BCUT2D eigenvalue weighted by Crippen LogP contribution is 2.21. The Morgan fingerprint density at radius 3 is 2.88 bits per heavy atom. The molecule has 1 aromatic rings. The second-order valence-corrected chi connectivity index (χ2v) is 4.90. The molecule has 0 unspecified atom stereocenters. The second-order valence-electron chi connectivity index (χ2n) is 4.90. The average Bonchev–Trinajstić information content (AvgIpc) is 2.28. The van der Waals surface area contributed by atoms with E-state index in [-0.39, 0.29) is 11.5 Å². The number of hydrogen-bond donors (Lipinski definition) is 1. The Kier molecular flexibility index (Phi) is 3.64. The lowest BCUT2D eigenvalue weighted by Crippen LogP contribution is -2.42. The van der Waals surface area contributed by atoms with Crippen LogP contribution >= 0.6 is 0 Å². The van der Waals surface area contributed by atoms with Gasteiger partial charge in [-0.3, -0.25) is 9.69 Å². The van der Waals surface area contributed by atoms with Gasteiger partial charge in [0.2, 0.25) is 0 Å². The largest absolute Gasteiger partial charge is 0.369 e. The SMILES string of the molecule is Cc1cc(=O)cc([C@@H]2CN(C(C)C)CCO2)[nH]1. The van der Waals surface area contributed by atoms with Crippen LogP contribution in [0.1, 0.15) is 31.3 Å². The van der Waals surface area contributed by atoms with Crippen LogP contribution in [0.15, 0.2) is 16.9 Å². The Morgan fingerprint density at radius 1 is 1.47 bits per heavy atom. The van der Waals surface area contributed by atoms with Gasteiger partial charge in [-0.2, -0.15) is 0 Å². The van der Waals surface area contributed by atoms with Crippen molar-refractivity contribution in [1.29, 1.82) is 0 Å². The molecule has 1 atom stereocenters. The fourth-order valence-corrected chi connectivity index (χ4v) is 2.21. The summed E-state index contributed by atoms with van der Waals surface area (Å²) < 4.78 is 5.74. The average molecular weight is 236 g/mol. The summed E-state index contributed by atoms with van der Waals surface area (Å²) in [5.41, 5.74) is 1.82. The molecule has 1 saturated heterocycles. The number of hydrogen-bond acceptors (Lipinski definition) is 3. The molecule has 0 saturated carbocycles. The molecule has 4 heteroatoms. The zero-order valence-corrected chi connectivity index (χ0v) is 10.7. The molecule has 0 aromatic carbocycles. The van der Waals surface area contributed by atoms with Crippen LogP contribution in [-0.4, -0.2) is 35.6 Å². The second kappa shape index (κ2) is 5.02. The predicted molar refractivity (Wildman–Crippen MR) is 67.2 cm³/mol. The maximum absolute atomic E-state index is 11.5. The van der Waals surface area contributed by atoms with Crippen LogP contribution in [0.5, 0.6) is 0 Å². The van der Waals surface area contributed by atoms with Gasteiger partial charge in [0.1, 0.15) is 6.10 Å². The molecule has 1 aromatic heterocycles. The first-order chi connectivity index (χ1) is 8.06. The summed E-state index contributed by atoms with van der Waals surface area (Å²) in [5.74, 6) is 0. The molecule has 2 rings (SSSR count). The van der Waals surface area contributed by atoms with E-state index in [9.17, 15) is 4.79 Å². The molecule has 0 radical (unpaired) electrons. The number of pyridine rings is 1. The van der Waals surface area contributed by atoms with Crippen LogP contribution in [0, 0.1) is 6.92 Å². The Hall–Kier alpha value is -1.13. The molecule has 0 bridgehead atoms. The van der Waals surface area contributed by atoms with Crippen LogP contribution < -0.4 is 5.43 Å². The van der Waals surface area contributed by atoms with Crippen molar-refractivity contribution in [2.24, 2.45) is 0 Å². The van der Waals surface area contributed by atoms with Gasteiger partial charge in [-0.05, 0) is 20.8 Å². The molecule has 17 heavy (non-hydrogen) atoms. The van der Waals surface area contributed by atoms with Crippen molar-refractivity contribution in [1.82, 2.24) is 9.88 Å². The van der Waals surface area contributed by atoms with E-state index in [1.165, 1.54) is 0 Å². The molecule has 0 amide bonds. The Balaban J connectivity index is 2.18. The minimum Gasteiger partial charge on any atom is -0.369 e. The topological polar surface area (TPSA) is 45.3 Å². The smallest absolute Gasteiger partial charge is 0.182 e. The third-order valence-corrected chi connectivity index (χ3v) is 3.17. The van der Waals surface area contributed by atoms with Gasteiger partial charge in [-0.25, -0.2) is 0 Å². The monoisotopic (exact) mass is 236 g/mol. The van der Waals surface area contributed by atoms with Crippen LogP contribution in [-0.2, 0) is 4.74 Å². The van der Waals surface area contributed by atoms with Gasteiger partial charge in [0, 0.05) is 42.7 Å². The fourth-order valence-electron chi connectivity index (χ4n) is 2.21. The van der Waals surface area contributed by atoms with Gasteiger partial charge in [0.05, 0.1) is 6.61 Å². The summed E-state index contributed by atoms with van der Waals surface area (Å²) in [6.07, 6.45) is -0.0150. The van der Waals surface area contributed by atoms with E-state index >= 15 is 0 Å². The van der Waals surface area contributed by atoms with Crippen LogP contribution in [0.2, 0.25) is 0 Å². The van der Waals surface area contributed by atoms with Crippen molar-refractivity contribution in [3.05, 3.63) is 33.7 Å². The normalized spacial score (nSPS) is 22.0. The quantitative estimate of drug-likeness (QED) is 0.845. The van der Waals surface area contributed by atoms with Crippen molar-refractivity contribution in [2.45, 2.75) is 32.9 Å². The lowest BCUT2D eigenvalue weighted by Gasteiger charge is -2.35. The van der Waals surface area contributed by atoms with Gasteiger partial charge in [0.25, 0.3) is 0 Å². The van der Waals surface area contributed by atoms with E-state index < -0.39 is 0 Å². The standard InChI is InChI=1S/C13H20N2O2/c1-9(2)15-4-5-17-13(8-15)12-7-11(16)6-10(3)14-12/h6-7,9,13H,4-5,8H2,1-3H3,(H,14,16)/t13-/m0/s1. The first-order valence-corrected chi connectivity index (χ1v) is 6.13. The Labute approximate surface area is 102 Å². The first kappa shape index (κ1) is 12.3. The summed E-state index contributed by atoms with van der Waals surface area (Å²) in [6, 6.07) is 3.76. The summed E-state index contributed by atoms with van der Waals surface area (Å²) in [5, 5.41) is 0. The molecule has 2 heterocycles. The number of aryl methyl sites for hydroxylation is 1. The summed E-state index contributed by atoms with van der Waals surface area (Å²) in [6.45, 7) is 8.79. The summed E-state index contributed by atoms with van der Waals surface area (Å²) in [4.78, 5) is 17.1. The Bertz CT molecular complexity index is 439. The zero-order chi connectivity index (χ0) is 12.4. The highest BCUT2D eigenvalue weighted by atomic mass is 16.5. The fraction of sp³-hybridized carbons (Fsp3) is 0.615. The lowest BCUT2D eigenvalue weighted by atomic mass is 10.1. The van der Waals surface area contributed by atoms with Gasteiger partial charge in [0.15, 0.2) is 5.43 Å². The van der Waals surface area contributed by atoms with E-state index in [1.807, 2.05) is 6.92 Å². The predicted octanol–water partition coefficient (Wildman–Crippen LogP) is 1.47. The van der Waals surface area contributed by atoms with Gasteiger partial charge >= 0.3 is 0 Å². The number of nitrogens with zero attached hydrogens (tertiary/aromatic N) is 1. The maximum atomic E-state index is 11.5. The number of aromatic amines is 1. The first-order valence-electron chi connectivity index (χ1n) is 6.13. The zero-order valence-electron chi connectivity index (χ0n) is 10.7. The number of morpholine rings is 1. The number of nitrogens with one attached hydrogen (secondary N) is 1. The molecule has 1 fully saturated rings. The molecule has 1 aliphatic rings. The van der Waals surface area contributed by atoms with Crippen LogP contribution in [0.3, 0.4) is 0 Å². The molecule has 1 N–H and O–H groups in total. The number of ether oxygens (including phenoxy) is 1. The van der Waals surface area contributed by atoms with Crippen molar-refractivity contribution in [3.8, 4) is 0 Å². The van der Waals surface area contributed by atoms with Gasteiger partial charge in [-0.1, -0.05) is 0 Å². The third kappa shape index (κ3) is 2.96. The van der Waals surface area contributed by atoms with E-state index in [0.29, 0.717) is 6.04 Å². The summed E-state index contributed by atoms with van der Waals surface area (Å²) >= 11 is 0. The van der Waals surface area contributed by atoms with E-state index in [0.717, 1.165) is 31.1 Å². The molecule has 1 aliphatic heterocycles. The molecule has 0 spiro atoms. The minimum atomic E-state index is -0.0150. The van der Waals surface area contributed by atoms with Crippen LogP contribution in [0.25, 0.3) is 0 Å². The van der Waals surface area contributed by atoms with Crippen molar-refractivity contribution in [3.63, 3.8) is 0 Å². The maximum Gasteiger partial charge on any atom is 0.182 e. The van der Waals surface area contributed by atoms with Crippen molar-refractivity contribution < 1.29 is 4.74 Å². The highest BCUT2D eigenvalue weighted by Gasteiger charge is 2.24. The van der Waals surface area contributed by atoms with Crippen molar-refractivity contribution >= 4 is 0 Å². The molecule has 4 nitrogen and oxygen atoms in total. The molecular weight excluding hydrogens is 216 g/mol. The van der Waals surface area contributed by atoms with E-state index in [4.69, 9.17) is 4.74 Å². The Morgan fingerprint density at radius 2 is 2.24 bits per heavy atom. The molecule has 94 valence electrons. The van der Waals surface area contributed by atoms with Crippen LogP contribution in [0.4, 0.5) is 0 Å². The number of H-pyrrole nitrogens is 1. The summed E-state index contributed by atoms with van der Waals surface area (Å²) in [7, 11) is 0. The van der Waals surface area contributed by atoms with E-state index in [2.05, 4.69) is 23.7 Å². The molecule has 0 aliphatic carbocycles.